The van der Waals surface area contributed by atoms with Crippen molar-refractivity contribution in [1.29, 1.82) is 0 Å². The van der Waals surface area contributed by atoms with Gasteiger partial charge in [0.15, 0.2) is 0 Å². The average Bonchev–Trinajstić information content (AvgIpc) is 3.35. The van der Waals surface area contributed by atoms with E-state index in [9.17, 15) is 9.59 Å². The lowest BCUT2D eigenvalue weighted by molar-refractivity contribution is -0.119. The molecule has 2 heterocycles. The highest BCUT2D eigenvalue weighted by Gasteiger charge is 2.40. The first kappa shape index (κ1) is 20.3. The number of ether oxygens (including phenoxy) is 1. The number of carbonyl (C=O) groups excluding carboxylic acids is 2. The Labute approximate surface area is 183 Å². The zero-order valence-electron chi connectivity index (χ0n) is 16.1. The van der Waals surface area contributed by atoms with Gasteiger partial charge in [-0.3, -0.25) is 9.59 Å². The molecule has 1 aliphatic heterocycles. The van der Waals surface area contributed by atoms with Crippen molar-refractivity contribution in [2.75, 3.05) is 11.5 Å². The van der Waals surface area contributed by atoms with E-state index >= 15 is 0 Å². The molecule has 0 N–H and O–H groups in total. The average molecular weight is 440 g/mol. The van der Waals surface area contributed by atoms with Gasteiger partial charge < -0.3 is 9.15 Å². The predicted octanol–water partition coefficient (Wildman–Crippen LogP) is 5.55. The number of amides is 2. The Morgan fingerprint density at radius 2 is 1.73 bits per heavy atom. The molecule has 2 aromatic carbocycles. The Kier molecular flexibility index (Phi) is 5.97. The van der Waals surface area contributed by atoms with Crippen molar-refractivity contribution in [2.45, 2.75) is 12.7 Å². The van der Waals surface area contributed by atoms with Gasteiger partial charge in [-0.15, -0.1) is 11.8 Å². The minimum Gasteiger partial charge on any atom is -0.494 e. The van der Waals surface area contributed by atoms with Crippen LogP contribution in [0.4, 0.5) is 5.69 Å². The maximum absolute atomic E-state index is 13.3. The van der Waals surface area contributed by atoms with Crippen LogP contribution in [0.25, 0.3) is 5.57 Å². The third-order valence-corrected chi connectivity index (χ3v) is 5.87. The molecule has 1 aromatic heterocycles. The minimum absolute atomic E-state index is 0.359. The van der Waals surface area contributed by atoms with Crippen molar-refractivity contribution in [3.63, 3.8) is 0 Å². The van der Waals surface area contributed by atoms with E-state index in [4.69, 9.17) is 20.8 Å². The van der Waals surface area contributed by atoms with Gasteiger partial charge in [-0.1, -0.05) is 23.7 Å². The number of benzene rings is 2. The quantitative estimate of drug-likeness (QED) is 0.452. The van der Waals surface area contributed by atoms with Gasteiger partial charge in [-0.2, -0.15) is 0 Å². The second-order valence-corrected chi connectivity index (χ2v) is 7.87. The molecule has 1 aliphatic rings. The van der Waals surface area contributed by atoms with Crippen molar-refractivity contribution in [1.82, 2.24) is 0 Å². The van der Waals surface area contributed by atoms with E-state index in [1.807, 2.05) is 13.0 Å². The van der Waals surface area contributed by atoms with Gasteiger partial charge in [0, 0.05) is 5.02 Å². The third-order valence-electron chi connectivity index (χ3n) is 4.52. The number of furan rings is 1. The lowest BCUT2D eigenvalue weighted by atomic mass is 10.1. The van der Waals surface area contributed by atoms with Crippen LogP contribution in [0, 0.1) is 0 Å². The van der Waals surface area contributed by atoms with Crippen LogP contribution in [0.3, 0.4) is 0 Å². The molecule has 0 spiro atoms. The Balaban J connectivity index is 1.72. The zero-order valence-corrected chi connectivity index (χ0v) is 17.7. The number of halogens is 1. The van der Waals surface area contributed by atoms with Gasteiger partial charge in [0.05, 0.1) is 34.8 Å². The van der Waals surface area contributed by atoms with Crippen LogP contribution in [0.5, 0.6) is 5.75 Å². The lowest BCUT2D eigenvalue weighted by Crippen LogP contribution is -2.31. The summed E-state index contributed by atoms with van der Waals surface area (Å²) in [5, 5.41) is 0.532. The molecule has 0 radical (unpaired) electrons. The zero-order chi connectivity index (χ0) is 21.1. The van der Waals surface area contributed by atoms with Gasteiger partial charge >= 0.3 is 0 Å². The minimum atomic E-state index is -0.367. The Morgan fingerprint density at radius 1 is 1.00 bits per heavy atom. The van der Waals surface area contributed by atoms with Crippen molar-refractivity contribution in [2.24, 2.45) is 0 Å². The van der Waals surface area contributed by atoms with Crippen molar-refractivity contribution < 1.29 is 18.7 Å². The number of carbonyl (C=O) groups is 2. The summed E-state index contributed by atoms with van der Waals surface area (Å²) in [6, 6.07) is 17.4. The van der Waals surface area contributed by atoms with E-state index in [-0.39, 0.29) is 11.8 Å². The first-order chi connectivity index (χ1) is 14.6. The summed E-state index contributed by atoms with van der Waals surface area (Å²) >= 11 is 7.26. The van der Waals surface area contributed by atoms with Crippen LogP contribution in [-0.4, -0.2) is 18.4 Å². The summed E-state index contributed by atoms with van der Waals surface area (Å²) in [7, 11) is 0. The van der Waals surface area contributed by atoms with Crippen molar-refractivity contribution >= 4 is 46.4 Å². The number of nitrogens with zero attached hydrogens (tertiary/aromatic N) is 1. The summed E-state index contributed by atoms with van der Waals surface area (Å²) in [5.74, 6) is 1.15. The fourth-order valence-electron chi connectivity index (χ4n) is 3.15. The molecule has 7 heteroatoms. The highest BCUT2D eigenvalue weighted by Crippen LogP contribution is 2.40. The predicted molar refractivity (Wildman–Crippen MR) is 118 cm³/mol. The number of hydrogen-bond acceptors (Lipinski definition) is 5. The van der Waals surface area contributed by atoms with Crippen LogP contribution in [0.15, 0.2) is 76.2 Å². The summed E-state index contributed by atoms with van der Waals surface area (Å²) < 4.78 is 10.9. The summed E-state index contributed by atoms with van der Waals surface area (Å²) in [6.07, 6.45) is 1.58. The molecular weight excluding hydrogens is 422 g/mol. The van der Waals surface area contributed by atoms with Gasteiger partial charge in [-0.05, 0) is 61.0 Å². The molecule has 0 saturated heterocycles. The molecule has 4 rings (SSSR count). The normalized spacial score (nSPS) is 14.0. The summed E-state index contributed by atoms with van der Waals surface area (Å²) in [4.78, 5) is 28.2. The molecule has 5 nitrogen and oxygen atoms in total. The molecule has 0 bridgehead atoms. The Morgan fingerprint density at radius 3 is 2.37 bits per heavy atom. The van der Waals surface area contributed by atoms with Crippen LogP contribution in [0.2, 0.25) is 5.02 Å². The van der Waals surface area contributed by atoms with Gasteiger partial charge in [0.1, 0.15) is 11.5 Å². The molecule has 3 aromatic rings. The first-order valence-electron chi connectivity index (χ1n) is 9.35. The Bertz CT molecular complexity index is 1090. The monoisotopic (exact) mass is 439 g/mol. The fourth-order valence-corrected chi connectivity index (χ4v) is 4.29. The van der Waals surface area contributed by atoms with Crippen LogP contribution < -0.4 is 9.64 Å². The Hall–Kier alpha value is -2.96. The third kappa shape index (κ3) is 4.01. The van der Waals surface area contributed by atoms with Crippen LogP contribution in [0.1, 0.15) is 18.2 Å². The highest BCUT2D eigenvalue weighted by atomic mass is 35.5. The van der Waals surface area contributed by atoms with E-state index in [1.54, 1.807) is 60.9 Å². The van der Waals surface area contributed by atoms with Crippen molar-refractivity contribution in [3.05, 3.63) is 88.2 Å². The van der Waals surface area contributed by atoms with E-state index in [1.165, 1.54) is 16.7 Å². The maximum atomic E-state index is 13.3. The standard InChI is InChI=1S/C23H18ClNO4S/c1-2-28-18-11-5-15(6-12-18)20-21(30-14-19-4-3-13-29-19)23(27)25(22(20)26)17-9-7-16(24)8-10-17/h3-13H,2,14H2,1H3. The van der Waals surface area contributed by atoms with Gasteiger partial charge in [0.25, 0.3) is 11.8 Å². The second-order valence-electron chi connectivity index (χ2n) is 6.45. The van der Waals surface area contributed by atoms with Crippen LogP contribution in [-0.2, 0) is 15.3 Å². The SMILES string of the molecule is CCOc1ccc(C2=C(SCc3ccco3)C(=O)N(c3ccc(Cl)cc3)C2=O)cc1. The maximum Gasteiger partial charge on any atom is 0.272 e. The molecule has 152 valence electrons. The molecule has 0 fully saturated rings. The number of thioether (sulfide) groups is 1. The molecule has 0 atom stereocenters. The molecule has 0 unspecified atom stereocenters. The second kappa shape index (κ2) is 8.81. The topological polar surface area (TPSA) is 59.8 Å². The van der Waals surface area contributed by atoms with Gasteiger partial charge in [-0.25, -0.2) is 4.90 Å². The number of imide groups is 1. The molecule has 2 amide bonds. The number of rotatable bonds is 7. The van der Waals surface area contributed by atoms with Gasteiger partial charge in [0.2, 0.25) is 0 Å². The molecular formula is C23H18ClNO4S. The summed E-state index contributed by atoms with van der Waals surface area (Å²) in [6.45, 7) is 2.46. The number of hydrogen-bond donors (Lipinski definition) is 0. The van der Waals surface area contributed by atoms with E-state index in [2.05, 4.69) is 0 Å². The number of anilines is 1. The lowest BCUT2D eigenvalue weighted by Gasteiger charge is -2.15. The molecule has 0 saturated carbocycles. The summed E-state index contributed by atoms with van der Waals surface area (Å²) in [5.41, 5.74) is 1.51. The highest BCUT2D eigenvalue weighted by molar-refractivity contribution is 8.03. The first-order valence-corrected chi connectivity index (χ1v) is 10.7. The molecule has 0 aliphatic carbocycles. The van der Waals surface area contributed by atoms with Crippen molar-refractivity contribution in [3.8, 4) is 5.75 Å². The molecule has 30 heavy (non-hydrogen) atoms. The van der Waals surface area contributed by atoms with E-state index in [0.717, 1.165) is 5.76 Å². The smallest absolute Gasteiger partial charge is 0.272 e. The largest absolute Gasteiger partial charge is 0.494 e. The van der Waals surface area contributed by atoms with E-state index < -0.39 is 0 Å². The van der Waals surface area contributed by atoms with E-state index in [0.29, 0.717) is 44.9 Å². The fraction of sp³-hybridized carbons (Fsp3) is 0.130. The van der Waals surface area contributed by atoms with Crippen LogP contribution >= 0.6 is 23.4 Å².